The summed E-state index contributed by atoms with van der Waals surface area (Å²) in [4.78, 5) is 25.4. The number of hydrogen-bond acceptors (Lipinski definition) is 4. The van der Waals surface area contributed by atoms with Crippen molar-refractivity contribution in [2.24, 2.45) is 0 Å². The number of rotatable bonds is 1. The maximum Gasteiger partial charge on any atom is 0.408 e. The van der Waals surface area contributed by atoms with Gasteiger partial charge in [-0.1, -0.05) is 11.8 Å². The van der Waals surface area contributed by atoms with Crippen LogP contribution in [-0.4, -0.2) is 32.8 Å². The van der Waals surface area contributed by atoms with Crippen LogP contribution in [0.5, 0.6) is 0 Å². The van der Waals surface area contributed by atoms with Crippen molar-refractivity contribution in [2.45, 2.75) is 26.4 Å². The minimum Gasteiger partial charge on any atom is -0.444 e. The predicted octanol–water partition coefficient (Wildman–Crippen LogP) is 0.899. The number of aromatic amines is 1. The fraction of sp³-hybridized carbons (Fsp3) is 0.357. The average molecular weight is 288 g/mol. The summed E-state index contributed by atoms with van der Waals surface area (Å²) in [6.07, 6.45) is 2.44. The van der Waals surface area contributed by atoms with Crippen molar-refractivity contribution in [3.63, 3.8) is 0 Å². The molecule has 0 saturated carbocycles. The number of amides is 1. The van der Waals surface area contributed by atoms with Crippen molar-refractivity contribution >= 4 is 11.6 Å². The Morgan fingerprint density at radius 1 is 1.52 bits per heavy atom. The van der Waals surface area contributed by atoms with Gasteiger partial charge in [0.1, 0.15) is 17.4 Å². The van der Waals surface area contributed by atoms with E-state index >= 15 is 0 Å². The first-order chi connectivity index (χ1) is 9.85. The summed E-state index contributed by atoms with van der Waals surface area (Å²) in [6.45, 7) is 5.52. The first-order valence-electron chi connectivity index (χ1n) is 6.37. The van der Waals surface area contributed by atoms with Crippen LogP contribution in [0.4, 0.5) is 4.79 Å². The van der Waals surface area contributed by atoms with E-state index in [1.165, 1.54) is 10.8 Å². The summed E-state index contributed by atoms with van der Waals surface area (Å²) in [7, 11) is 0. The number of hydrogen-bond donors (Lipinski definition) is 2. The SMILES string of the molecule is CC(C)(C)OC(=O)NCC#Cc1cc2c(=O)[nH]cnn2c1. The van der Waals surface area contributed by atoms with Crippen molar-refractivity contribution in [1.82, 2.24) is 19.9 Å². The highest BCUT2D eigenvalue weighted by Gasteiger charge is 2.14. The molecule has 1 amide bonds. The van der Waals surface area contributed by atoms with Gasteiger partial charge in [-0.25, -0.2) is 9.31 Å². The number of nitrogens with one attached hydrogen (secondary N) is 2. The van der Waals surface area contributed by atoms with Crippen LogP contribution >= 0.6 is 0 Å². The molecular weight excluding hydrogens is 272 g/mol. The van der Waals surface area contributed by atoms with Crippen LogP contribution in [0.3, 0.4) is 0 Å². The fourth-order valence-electron chi connectivity index (χ4n) is 1.59. The maximum absolute atomic E-state index is 11.5. The van der Waals surface area contributed by atoms with Crippen molar-refractivity contribution in [3.05, 3.63) is 34.5 Å². The second-order valence-corrected chi connectivity index (χ2v) is 5.33. The second kappa shape index (κ2) is 5.71. The number of carbonyl (C=O) groups is 1. The number of nitrogens with zero attached hydrogens (tertiary/aromatic N) is 2. The van der Waals surface area contributed by atoms with Crippen molar-refractivity contribution in [2.75, 3.05) is 6.54 Å². The third kappa shape index (κ3) is 4.11. The average Bonchev–Trinajstić information content (AvgIpc) is 2.77. The molecule has 0 aliphatic carbocycles. The van der Waals surface area contributed by atoms with Gasteiger partial charge >= 0.3 is 6.09 Å². The van der Waals surface area contributed by atoms with Gasteiger partial charge in [0, 0.05) is 11.8 Å². The second-order valence-electron chi connectivity index (χ2n) is 5.33. The lowest BCUT2D eigenvalue weighted by Gasteiger charge is -2.18. The predicted molar refractivity (Wildman–Crippen MR) is 76.9 cm³/mol. The number of fused-ring (bicyclic) bond motifs is 1. The Morgan fingerprint density at radius 2 is 2.29 bits per heavy atom. The topological polar surface area (TPSA) is 88.5 Å². The molecule has 110 valence electrons. The summed E-state index contributed by atoms with van der Waals surface area (Å²) >= 11 is 0. The third-order valence-electron chi connectivity index (χ3n) is 2.36. The molecule has 2 aromatic heterocycles. The molecule has 21 heavy (non-hydrogen) atoms. The molecule has 0 aliphatic rings. The van der Waals surface area contributed by atoms with Gasteiger partial charge in [-0.2, -0.15) is 5.10 Å². The van der Waals surface area contributed by atoms with Gasteiger partial charge in [-0.05, 0) is 26.8 Å². The van der Waals surface area contributed by atoms with Crippen LogP contribution in [0, 0.1) is 11.8 Å². The lowest BCUT2D eigenvalue weighted by molar-refractivity contribution is 0.0535. The Morgan fingerprint density at radius 3 is 2.95 bits per heavy atom. The molecule has 2 heterocycles. The summed E-state index contributed by atoms with van der Waals surface area (Å²) < 4.78 is 6.52. The Bertz CT molecular complexity index is 771. The van der Waals surface area contributed by atoms with E-state index in [0.29, 0.717) is 11.1 Å². The summed E-state index contributed by atoms with van der Waals surface area (Å²) in [5.74, 6) is 5.63. The van der Waals surface area contributed by atoms with Crippen LogP contribution in [-0.2, 0) is 4.74 Å². The number of carbonyl (C=O) groups excluding carboxylic acids is 1. The molecule has 0 bridgehead atoms. The molecule has 0 saturated heterocycles. The van der Waals surface area contributed by atoms with E-state index in [-0.39, 0.29) is 12.1 Å². The Labute approximate surface area is 121 Å². The largest absolute Gasteiger partial charge is 0.444 e. The quantitative estimate of drug-likeness (QED) is 0.763. The van der Waals surface area contributed by atoms with Crippen LogP contribution in [0.1, 0.15) is 26.3 Å². The van der Waals surface area contributed by atoms with E-state index in [1.54, 1.807) is 33.0 Å². The molecule has 0 atom stereocenters. The van der Waals surface area contributed by atoms with Crippen LogP contribution in [0.2, 0.25) is 0 Å². The van der Waals surface area contributed by atoms with E-state index in [1.807, 2.05) is 0 Å². The number of aromatic nitrogens is 3. The number of ether oxygens (including phenoxy) is 1. The van der Waals surface area contributed by atoms with E-state index in [9.17, 15) is 9.59 Å². The van der Waals surface area contributed by atoms with Gasteiger partial charge in [0.05, 0.1) is 6.54 Å². The maximum atomic E-state index is 11.5. The van der Waals surface area contributed by atoms with Gasteiger partial charge in [0.25, 0.3) is 5.56 Å². The van der Waals surface area contributed by atoms with Crippen molar-refractivity contribution in [3.8, 4) is 11.8 Å². The molecule has 2 aromatic rings. The van der Waals surface area contributed by atoms with Crippen molar-refractivity contribution in [1.29, 1.82) is 0 Å². The molecule has 0 aromatic carbocycles. The zero-order chi connectivity index (χ0) is 15.5. The summed E-state index contributed by atoms with van der Waals surface area (Å²) in [6, 6.07) is 1.63. The summed E-state index contributed by atoms with van der Waals surface area (Å²) in [5.41, 5.74) is 0.293. The van der Waals surface area contributed by atoms with Gasteiger partial charge in [-0.3, -0.25) is 4.79 Å². The van der Waals surface area contributed by atoms with E-state index < -0.39 is 11.7 Å². The molecule has 0 spiro atoms. The molecule has 0 unspecified atom stereocenters. The molecule has 7 heteroatoms. The van der Waals surface area contributed by atoms with Gasteiger partial charge in [0.15, 0.2) is 0 Å². The Kier molecular flexibility index (Phi) is 3.98. The van der Waals surface area contributed by atoms with Gasteiger partial charge in [0.2, 0.25) is 0 Å². The van der Waals surface area contributed by atoms with E-state index in [0.717, 1.165) is 0 Å². The van der Waals surface area contributed by atoms with Crippen molar-refractivity contribution < 1.29 is 9.53 Å². The Balaban J connectivity index is 1.97. The van der Waals surface area contributed by atoms with Gasteiger partial charge < -0.3 is 15.0 Å². The highest BCUT2D eigenvalue weighted by molar-refractivity contribution is 5.68. The highest BCUT2D eigenvalue weighted by atomic mass is 16.6. The molecule has 7 nitrogen and oxygen atoms in total. The normalized spacial score (nSPS) is 10.8. The lowest BCUT2D eigenvalue weighted by atomic mass is 10.2. The monoisotopic (exact) mass is 288 g/mol. The standard InChI is InChI=1S/C14H16N4O3/c1-14(2,3)21-13(20)15-6-4-5-10-7-11-12(19)16-9-17-18(11)8-10/h7-9H,6H2,1-3H3,(H,15,20)(H,16,17,19). The first-order valence-corrected chi connectivity index (χ1v) is 6.37. The molecule has 0 radical (unpaired) electrons. The minimum atomic E-state index is -0.537. The fourth-order valence-corrected chi connectivity index (χ4v) is 1.59. The smallest absolute Gasteiger partial charge is 0.408 e. The molecule has 0 fully saturated rings. The van der Waals surface area contributed by atoms with Gasteiger partial charge in [-0.15, -0.1) is 0 Å². The van der Waals surface area contributed by atoms with E-state index in [2.05, 4.69) is 27.2 Å². The highest BCUT2D eigenvalue weighted by Crippen LogP contribution is 2.06. The first kappa shape index (κ1) is 14.7. The number of H-pyrrole nitrogens is 1. The zero-order valence-electron chi connectivity index (χ0n) is 12.1. The number of alkyl carbamates (subject to hydrolysis) is 1. The van der Waals surface area contributed by atoms with Crippen LogP contribution in [0.15, 0.2) is 23.4 Å². The molecular formula is C14H16N4O3. The Hall–Kier alpha value is -2.75. The summed E-state index contributed by atoms with van der Waals surface area (Å²) in [5, 5.41) is 6.49. The van der Waals surface area contributed by atoms with E-state index in [4.69, 9.17) is 4.74 Å². The third-order valence-corrected chi connectivity index (χ3v) is 2.36. The lowest BCUT2D eigenvalue weighted by Crippen LogP contribution is -2.32. The van der Waals surface area contributed by atoms with Crippen LogP contribution in [0.25, 0.3) is 5.52 Å². The zero-order valence-corrected chi connectivity index (χ0v) is 12.1. The molecule has 0 aliphatic heterocycles. The molecule has 2 N–H and O–H groups in total. The molecule has 2 rings (SSSR count). The minimum absolute atomic E-state index is 0.158. The van der Waals surface area contributed by atoms with Crippen LogP contribution < -0.4 is 10.9 Å².